The Labute approximate surface area is 130 Å². The maximum absolute atomic E-state index is 11.9. The molecule has 2 N–H and O–H groups in total. The highest BCUT2D eigenvalue weighted by molar-refractivity contribution is 9.10. The summed E-state index contributed by atoms with van der Waals surface area (Å²) in [4.78, 5) is 16.1. The molecule has 2 aromatic rings. The van der Waals surface area contributed by atoms with Crippen LogP contribution in [-0.2, 0) is 10.0 Å². The van der Waals surface area contributed by atoms with Crippen molar-refractivity contribution in [3.05, 3.63) is 52.8 Å². The van der Waals surface area contributed by atoms with Gasteiger partial charge in [0.2, 0.25) is 10.0 Å². The van der Waals surface area contributed by atoms with Gasteiger partial charge in [0.15, 0.2) is 0 Å². The van der Waals surface area contributed by atoms with Gasteiger partial charge in [-0.1, -0.05) is 0 Å². The summed E-state index contributed by atoms with van der Waals surface area (Å²) in [5.74, 6) is -0.369. The van der Waals surface area contributed by atoms with E-state index in [4.69, 9.17) is 0 Å². The van der Waals surface area contributed by atoms with Gasteiger partial charge in [-0.3, -0.25) is 4.79 Å². The van der Waals surface area contributed by atoms with Crippen LogP contribution in [0.15, 0.2) is 52.0 Å². The second kappa shape index (κ2) is 6.33. The van der Waals surface area contributed by atoms with Gasteiger partial charge in [0.25, 0.3) is 5.91 Å². The summed E-state index contributed by atoms with van der Waals surface area (Å²) in [5.41, 5.74) is 0.755. The normalized spacial score (nSPS) is 11.1. The highest BCUT2D eigenvalue weighted by Crippen LogP contribution is 2.15. The molecular weight excluding hydrogens is 358 g/mol. The monoisotopic (exact) mass is 369 g/mol. The molecule has 1 aromatic heterocycles. The third-order valence-electron chi connectivity index (χ3n) is 2.65. The van der Waals surface area contributed by atoms with Crippen LogP contribution in [0.4, 0.5) is 5.69 Å². The molecule has 110 valence electrons. The Kier molecular flexibility index (Phi) is 4.71. The third kappa shape index (κ3) is 3.87. The van der Waals surface area contributed by atoms with E-state index in [1.165, 1.54) is 37.5 Å². The van der Waals surface area contributed by atoms with Crippen LogP contribution in [0.25, 0.3) is 0 Å². The number of halogens is 1. The number of anilines is 1. The first-order chi connectivity index (χ1) is 9.92. The molecule has 8 heteroatoms. The second-order valence-corrected chi connectivity index (χ2v) is 6.85. The van der Waals surface area contributed by atoms with Gasteiger partial charge in [-0.15, -0.1) is 0 Å². The number of aromatic nitrogens is 1. The second-order valence-electron chi connectivity index (χ2n) is 4.05. The Hall–Kier alpha value is -1.77. The van der Waals surface area contributed by atoms with E-state index in [0.29, 0.717) is 5.69 Å². The van der Waals surface area contributed by atoms with Crippen molar-refractivity contribution >= 4 is 37.5 Å². The number of hydrogen-bond donors (Lipinski definition) is 2. The van der Waals surface area contributed by atoms with Gasteiger partial charge in [0.1, 0.15) is 5.69 Å². The molecule has 0 bridgehead atoms. The van der Waals surface area contributed by atoms with Gasteiger partial charge in [0, 0.05) is 16.4 Å². The summed E-state index contributed by atoms with van der Waals surface area (Å²) >= 11 is 3.24. The fourth-order valence-corrected chi connectivity index (χ4v) is 2.51. The van der Waals surface area contributed by atoms with Crippen molar-refractivity contribution in [2.24, 2.45) is 0 Å². The van der Waals surface area contributed by atoms with Crippen LogP contribution in [0.2, 0.25) is 0 Å². The van der Waals surface area contributed by atoms with Crippen LogP contribution < -0.4 is 10.0 Å². The van der Waals surface area contributed by atoms with Crippen LogP contribution in [0.1, 0.15) is 10.5 Å². The van der Waals surface area contributed by atoms with E-state index in [2.05, 4.69) is 31.0 Å². The van der Waals surface area contributed by atoms with E-state index >= 15 is 0 Å². The molecule has 2 rings (SSSR count). The minimum atomic E-state index is -3.48. The first-order valence-electron chi connectivity index (χ1n) is 5.89. The summed E-state index contributed by atoms with van der Waals surface area (Å²) in [7, 11) is -2.14. The number of benzene rings is 1. The lowest BCUT2D eigenvalue weighted by molar-refractivity contribution is 0.102. The summed E-state index contributed by atoms with van der Waals surface area (Å²) < 4.78 is 26.1. The van der Waals surface area contributed by atoms with Gasteiger partial charge in [-0.25, -0.2) is 18.1 Å². The highest BCUT2D eigenvalue weighted by atomic mass is 79.9. The van der Waals surface area contributed by atoms with Gasteiger partial charge in [0.05, 0.1) is 4.90 Å². The average molecular weight is 370 g/mol. The van der Waals surface area contributed by atoms with Crippen molar-refractivity contribution in [3.63, 3.8) is 0 Å². The molecule has 0 aliphatic heterocycles. The van der Waals surface area contributed by atoms with Gasteiger partial charge < -0.3 is 5.32 Å². The number of hydrogen-bond acceptors (Lipinski definition) is 4. The zero-order chi connectivity index (χ0) is 15.5. The lowest BCUT2D eigenvalue weighted by atomic mass is 10.3. The molecule has 1 aromatic carbocycles. The van der Waals surface area contributed by atoms with E-state index in [-0.39, 0.29) is 16.5 Å². The zero-order valence-electron chi connectivity index (χ0n) is 11.0. The van der Waals surface area contributed by atoms with Crippen LogP contribution in [0.5, 0.6) is 0 Å². The highest BCUT2D eigenvalue weighted by Gasteiger charge is 2.12. The lowest BCUT2D eigenvalue weighted by Crippen LogP contribution is -2.18. The van der Waals surface area contributed by atoms with E-state index in [1.807, 2.05) is 0 Å². The van der Waals surface area contributed by atoms with Crippen LogP contribution >= 0.6 is 15.9 Å². The Morgan fingerprint density at radius 3 is 2.33 bits per heavy atom. The molecule has 1 heterocycles. The number of sulfonamides is 1. The molecule has 21 heavy (non-hydrogen) atoms. The molecular formula is C13H12BrN3O3S. The Morgan fingerprint density at radius 2 is 1.81 bits per heavy atom. The number of nitrogens with zero attached hydrogens (tertiary/aromatic N) is 1. The maximum Gasteiger partial charge on any atom is 0.274 e. The number of amides is 1. The number of nitrogens with one attached hydrogen (secondary N) is 2. The van der Waals surface area contributed by atoms with Crippen molar-refractivity contribution in [2.45, 2.75) is 4.90 Å². The zero-order valence-corrected chi connectivity index (χ0v) is 13.4. The number of carbonyl (C=O) groups is 1. The van der Waals surface area contributed by atoms with Crippen LogP contribution in [0, 0.1) is 0 Å². The molecule has 0 unspecified atom stereocenters. The standard InChI is InChI=1S/C13H12BrN3O3S/c1-15-21(19,20)11-5-3-10(4-6-11)17-13(18)12-7-2-9(14)8-16-12/h2-8,15H,1H3,(H,17,18). The molecule has 0 atom stereocenters. The van der Waals surface area contributed by atoms with Crippen molar-refractivity contribution < 1.29 is 13.2 Å². The van der Waals surface area contributed by atoms with Crippen molar-refractivity contribution in [2.75, 3.05) is 12.4 Å². The Balaban J connectivity index is 2.13. The first-order valence-corrected chi connectivity index (χ1v) is 8.16. The Bertz CT molecular complexity index is 743. The summed E-state index contributed by atoms with van der Waals surface area (Å²) in [5, 5.41) is 2.64. The number of pyridine rings is 1. The largest absolute Gasteiger partial charge is 0.321 e. The van der Waals surface area contributed by atoms with E-state index in [9.17, 15) is 13.2 Å². The van der Waals surface area contributed by atoms with Crippen molar-refractivity contribution in [1.82, 2.24) is 9.71 Å². The molecule has 0 saturated carbocycles. The summed E-state index contributed by atoms with van der Waals surface area (Å²) in [6.45, 7) is 0. The third-order valence-corrected chi connectivity index (χ3v) is 4.55. The minimum Gasteiger partial charge on any atom is -0.321 e. The van der Waals surface area contributed by atoms with E-state index < -0.39 is 10.0 Å². The molecule has 6 nitrogen and oxygen atoms in total. The lowest BCUT2D eigenvalue weighted by Gasteiger charge is -2.06. The number of carbonyl (C=O) groups excluding carboxylic acids is 1. The van der Waals surface area contributed by atoms with E-state index in [1.54, 1.807) is 12.1 Å². The van der Waals surface area contributed by atoms with Gasteiger partial charge >= 0.3 is 0 Å². The van der Waals surface area contributed by atoms with Crippen molar-refractivity contribution in [3.8, 4) is 0 Å². The summed E-state index contributed by atoms with van der Waals surface area (Å²) in [6, 6.07) is 9.15. The molecule has 0 aliphatic rings. The van der Waals surface area contributed by atoms with Crippen molar-refractivity contribution in [1.29, 1.82) is 0 Å². The molecule has 1 amide bonds. The Morgan fingerprint density at radius 1 is 1.14 bits per heavy atom. The average Bonchev–Trinajstić information content (AvgIpc) is 2.48. The minimum absolute atomic E-state index is 0.129. The number of rotatable bonds is 4. The predicted octanol–water partition coefficient (Wildman–Crippen LogP) is 2.00. The predicted molar refractivity (Wildman–Crippen MR) is 82.6 cm³/mol. The van der Waals surface area contributed by atoms with Crippen LogP contribution in [-0.4, -0.2) is 26.4 Å². The molecule has 0 spiro atoms. The van der Waals surface area contributed by atoms with Crippen LogP contribution in [0.3, 0.4) is 0 Å². The maximum atomic E-state index is 11.9. The van der Waals surface area contributed by atoms with E-state index in [0.717, 1.165) is 4.47 Å². The first kappa shape index (κ1) is 15.6. The van der Waals surface area contributed by atoms with Gasteiger partial charge in [-0.05, 0) is 59.4 Å². The molecule has 0 aliphatic carbocycles. The fraction of sp³-hybridized carbons (Fsp3) is 0.0769. The summed E-state index contributed by atoms with van der Waals surface area (Å²) in [6.07, 6.45) is 1.53. The fourth-order valence-electron chi connectivity index (χ4n) is 1.54. The molecule has 0 fully saturated rings. The smallest absolute Gasteiger partial charge is 0.274 e. The quantitative estimate of drug-likeness (QED) is 0.862. The van der Waals surface area contributed by atoms with Gasteiger partial charge in [-0.2, -0.15) is 0 Å². The molecule has 0 saturated heterocycles. The topological polar surface area (TPSA) is 88.2 Å². The molecule has 0 radical (unpaired) electrons. The SMILES string of the molecule is CNS(=O)(=O)c1ccc(NC(=O)c2ccc(Br)cn2)cc1.